The molecule has 1 amide bonds. The van der Waals surface area contributed by atoms with Gasteiger partial charge in [-0.2, -0.15) is 0 Å². The molecular formula is C14H16N4O3. The van der Waals surface area contributed by atoms with E-state index in [4.69, 9.17) is 5.11 Å². The van der Waals surface area contributed by atoms with Crippen LogP contribution in [0.1, 0.15) is 37.5 Å². The van der Waals surface area contributed by atoms with Crippen LogP contribution >= 0.6 is 0 Å². The van der Waals surface area contributed by atoms with Crippen molar-refractivity contribution in [2.75, 3.05) is 6.54 Å². The highest BCUT2D eigenvalue weighted by Crippen LogP contribution is 2.31. The minimum Gasteiger partial charge on any atom is -0.481 e. The summed E-state index contributed by atoms with van der Waals surface area (Å²) in [5.74, 6) is -0.341. The molecule has 1 aliphatic heterocycles. The summed E-state index contributed by atoms with van der Waals surface area (Å²) in [5.41, 5.74) is 0.748. The van der Waals surface area contributed by atoms with Gasteiger partial charge in [-0.1, -0.05) is 6.07 Å². The highest BCUT2D eigenvalue weighted by molar-refractivity contribution is 5.81. The number of hydrogen-bond donors (Lipinski definition) is 1. The largest absolute Gasteiger partial charge is 0.481 e. The second-order valence-corrected chi connectivity index (χ2v) is 5.13. The molecule has 1 saturated heterocycles. The normalized spacial score (nSPS) is 18.3. The molecule has 1 aliphatic rings. The van der Waals surface area contributed by atoms with Gasteiger partial charge in [-0.05, 0) is 25.0 Å². The van der Waals surface area contributed by atoms with E-state index in [2.05, 4.69) is 10.2 Å². The first-order chi connectivity index (χ1) is 10.2. The van der Waals surface area contributed by atoms with Gasteiger partial charge in [-0.3, -0.25) is 14.0 Å². The van der Waals surface area contributed by atoms with E-state index < -0.39 is 5.97 Å². The van der Waals surface area contributed by atoms with E-state index in [0.717, 1.165) is 24.3 Å². The predicted molar refractivity (Wildman–Crippen MR) is 73.5 cm³/mol. The van der Waals surface area contributed by atoms with Crippen LogP contribution in [0.4, 0.5) is 0 Å². The number of amides is 1. The zero-order chi connectivity index (χ0) is 14.8. The van der Waals surface area contributed by atoms with Crippen LogP contribution in [0.5, 0.6) is 0 Å². The number of carbonyl (C=O) groups is 2. The Morgan fingerprint density at radius 1 is 1.29 bits per heavy atom. The molecule has 7 nitrogen and oxygen atoms in total. The Hall–Kier alpha value is -2.44. The number of nitrogens with zero attached hydrogens (tertiary/aromatic N) is 4. The van der Waals surface area contributed by atoms with Crippen molar-refractivity contribution in [3.05, 3.63) is 30.2 Å². The third-order valence-electron chi connectivity index (χ3n) is 3.76. The van der Waals surface area contributed by atoms with Gasteiger partial charge in [0.25, 0.3) is 0 Å². The summed E-state index contributed by atoms with van der Waals surface area (Å²) in [6.07, 6.45) is 3.49. The number of carboxylic acid groups (broad SMARTS) is 1. The zero-order valence-electron chi connectivity index (χ0n) is 11.5. The summed E-state index contributed by atoms with van der Waals surface area (Å²) in [6.45, 7) is 0.644. The van der Waals surface area contributed by atoms with E-state index in [0.29, 0.717) is 6.54 Å². The van der Waals surface area contributed by atoms with Crippen molar-refractivity contribution in [1.82, 2.24) is 19.5 Å². The van der Waals surface area contributed by atoms with Crippen LogP contribution in [0, 0.1) is 0 Å². The Labute approximate surface area is 121 Å². The molecule has 7 heteroatoms. The first-order valence-electron chi connectivity index (χ1n) is 6.98. The highest BCUT2D eigenvalue weighted by Gasteiger charge is 2.33. The van der Waals surface area contributed by atoms with E-state index in [1.165, 1.54) is 0 Å². The molecule has 0 unspecified atom stereocenters. The van der Waals surface area contributed by atoms with Gasteiger partial charge in [0.05, 0.1) is 12.5 Å². The first kappa shape index (κ1) is 13.5. The van der Waals surface area contributed by atoms with Crippen LogP contribution in [-0.4, -0.2) is 43.0 Å². The molecule has 110 valence electrons. The minimum absolute atomic E-state index is 0.0303. The summed E-state index contributed by atoms with van der Waals surface area (Å²) in [4.78, 5) is 24.5. The minimum atomic E-state index is -0.952. The second kappa shape index (κ2) is 5.51. The Morgan fingerprint density at radius 2 is 2.14 bits per heavy atom. The van der Waals surface area contributed by atoms with E-state index in [9.17, 15) is 9.59 Å². The average Bonchev–Trinajstić information content (AvgIpc) is 3.10. The van der Waals surface area contributed by atoms with Crippen molar-refractivity contribution in [2.24, 2.45) is 0 Å². The lowest BCUT2D eigenvalue weighted by Crippen LogP contribution is -2.31. The molecule has 1 atom stereocenters. The summed E-state index contributed by atoms with van der Waals surface area (Å²) in [7, 11) is 0. The third kappa shape index (κ3) is 2.58. The van der Waals surface area contributed by atoms with Crippen molar-refractivity contribution >= 4 is 17.5 Å². The Morgan fingerprint density at radius 3 is 2.95 bits per heavy atom. The molecule has 0 spiro atoms. The molecule has 3 heterocycles. The van der Waals surface area contributed by atoms with Crippen molar-refractivity contribution in [1.29, 1.82) is 0 Å². The van der Waals surface area contributed by atoms with Gasteiger partial charge < -0.3 is 10.0 Å². The fraction of sp³-hybridized carbons (Fsp3) is 0.429. The van der Waals surface area contributed by atoms with Crippen LogP contribution in [-0.2, 0) is 9.59 Å². The molecule has 2 aromatic heterocycles. The molecule has 21 heavy (non-hydrogen) atoms. The lowest BCUT2D eigenvalue weighted by molar-refractivity contribution is -0.141. The molecular weight excluding hydrogens is 272 g/mol. The smallest absolute Gasteiger partial charge is 0.303 e. The second-order valence-electron chi connectivity index (χ2n) is 5.13. The number of pyridine rings is 1. The van der Waals surface area contributed by atoms with Gasteiger partial charge in [0, 0.05) is 19.2 Å². The number of carboxylic acids is 1. The number of carbonyl (C=O) groups excluding carboxylic acids is 1. The van der Waals surface area contributed by atoms with Gasteiger partial charge in [-0.15, -0.1) is 10.2 Å². The number of rotatable bonds is 4. The van der Waals surface area contributed by atoms with Crippen LogP contribution in [0.2, 0.25) is 0 Å². The maximum atomic E-state index is 12.2. The van der Waals surface area contributed by atoms with Gasteiger partial charge in [0.2, 0.25) is 5.91 Å². The van der Waals surface area contributed by atoms with Crippen molar-refractivity contribution in [2.45, 2.75) is 31.7 Å². The first-order valence-corrected chi connectivity index (χ1v) is 6.98. The number of aromatic nitrogens is 3. The molecule has 1 fully saturated rings. The molecule has 0 saturated carbocycles. The molecule has 0 aliphatic carbocycles. The van der Waals surface area contributed by atoms with Crippen LogP contribution in [0.15, 0.2) is 24.4 Å². The predicted octanol–water partition coefficient (Wildman–Crippen LogP) is 1.26. The molecule has 0 bridgehead atoms. The van der Waals surface area contributed by atoms with Gasteiger partial charge in [0.15, 0.2) is 11.5 Å². The number of hydrogen-bond acceptors (Lipinski definition) is 4. The Kier molecular flexibility index (Phi) is 3.55. The lowest BCUT2D eigenvalue weighted by atomic mass is 10.2. The van der Waals surface area contributed by atoms with Gasteiger partial charge in [-0.25, -0.2) is 0 Å². The number of fused-ring (bicyclic) bond motifs is 1. The van der Waals surface area contributed by atoms with Crippen LogP contribution in [0.3, 0.4) is 0 Å². The molecule has 3 rings (SSSR count). The molecule has 2 aromatic rings. The highest BCUT2D eigenvalue weighted by atomic mass is 16.4. The number of likely N-dealkylation sites (tertiary alicyclic amines) is 1. The average molecular weight is 288 g/mol. The fourth-order valence-electron chi connectivity index (χ4n) is 2.78. The van der Waals surface area contributed by atoms with Crippen LogP contribution < -0.4 is 0 Å². The summed E-state index contributed by atoms with van der Waals surface area (Å²) < 4.78 is 1.88. The zero-order valence-corrected chi connectivity index (χ0v) is 11.5. The Bertz CT molecular complexity index is 682. The van der Waals surface area contributed by atoms with E-state index >= 15 is 0 Å². The lowest BCUT2D eigenvalue weighted by Gasteiger charge is -2.23. The maximum absolute atomic E-state index is 12.2. The van der Waals surface area contributed by atoms with Gasteiger partial charge >= 0.3 is 5.97 Å². The Balaban J connectivity index is 1.83. The number of aliphatic carboxylic acids is 1. The summed E-state index contributed by atoms with van der Waals surface area (Å²) in [5, 5.41) is 17.0. The third-order valence-corrected chi connectivity index (χ3v) is 3.76. The maximum Gasteiger partial charge on any atom is 0.303 e. The van der Waals surface area contributed by atoms with E-state index in [-0.39, 0.29) is 24.8 Å². The topological polar surface area (TPSA) is 87.8 Å². The van der Waals surface area contributed by atoms with Crippen molar-refractivity contribution < 1.29 is 14.7 Å². The summed E-state index contributed by atoms with van der Waals surface area (Å²) in [6, 6.07) is 5.52. The van der Waals surface area contributed by atoms with Crippen LogP contribution in [0.25, 0.3) is 5.65 Å². The molecule has 1 N–H and O–H groups in total. The fourth-order valence-corrected chi connectivity index (χ4v) is 2.78. The molecule has 0 radical (unpaired) electrons. The van der Waals surface area contributed by atoms with Gasteiger partial charge in [0.1, 0.15) is 0 Å². The van der Waals surface area contributed by atoms with E-state index in [1.54, 1.807) is 4.90 Å². The SMILES string of the molecule is O=C(O)CCC(=O)N1CCC[C@@H]1c1nnc2ccccn12. The van der Waals surface area contributed by atoms with E-state index in [1.807, 2.05) is 28.8 Å². The summed E-state index contributed by atoms with van der Waals surface area (Å²) >= 11 is 0. The van der Waals surface area contributed by atoms with Crippen molar-refractivity contribution in [3.8, 4) is 0 Å². The monoisotopic (exact) mass is 288 g/mol. The van der Waals surface area contributed by atoms with Crippen molar-refractivity contribution in [3.63, 3.8) is 0 Å². The molecule has 0 aromatic carbocycles. The quantitative estimate of drug-likeness (QED) is 0.915. The standard InChI is InChI=1S/C14H16N4O3/c19-12(6-7-13(20)21)17-9-3-4-10(17)14-16-15-11-5-1-2-8-18(11)14/h1-2,5,8,10H,3-4,6-7,9H2,(H,20,21)/t10-/m1/s1.